The molecule has 1 saturated carbocycles. The lowest BCUT2D eigenvalue weighted by molar-refractivity contribution is 0.266. The smallest absolute Gasteiger partial charge is 0.161 e. The van der Waals surface area contributed by atoms with Crippen molar-refractivity contribution in [1.82, 2.24) is 0 Å². The average molecular weight is 263 g/mol. The van der Waals surface area contributed by atoms with E-state index in [9.17, 15) is 0 Å². The Morgan fingerprint density at radius 1 is 1.21 bits per heavy atom. The van der Waals surface area contributed by atoms with Gasteiger partial charge in [-0.05, 0) is 56.2 Å². The van der Waals surface area contributed by atoms with Crippen LogP contribution >= 0.6 is 0 Å². The van der Waals surface area contributed by atoms with Crippen molar-refractivity contribution in [3.05, 3.63) is 23.8 Å². The Bertz CT molecular complexity index is 402. The molecular formula is C16H25NO2. The fraction of sp³-hybridized carbons (Fsp3) is 0.625. The summed E-state index contributed by atoms with van der Waals surface area (Å²) in [5, 5.41) is 0. The molecule has 1 aromatic carbocycles. The van der Waals surface area contributed by atoms with E-state index >= 15 is 0 Å². The largest absolute Gasteiger partial charge is 0.490 e. The highest BCUT2D eigenvalue weighted by molar-refractivity contribution is 5.43. The Morgan fingerprint density at radius 3 is 2.63 bits per heavy atom. The first-order chi connectivity index (χ1) is 9.22. The van der Waals surface area contributed by atoms with Crippen LogP contribution in [0.2, 0.25) is 0 Å². The minimum absolute atomic E-state index is 0.215. The molecule has 1 atom stereocenters. The van der Waals surface area contributed by atoms with E-state index in [0.717, 1.165) is 36.9 Å². The second-order valence-corrected chi connectivity index (χ2v) is 5.34. The molecule has 0 heterocycles. The summed E-state index contributed by atoms with van der Waals surface area (Å²) in [7, 11) is 0. The van der Waals surface area contributed by atoms with E-state index in [4.69, 9.17) is 15.2 Å². The van der Waals surface area contributed by atoms with Crippen LogP contribution in [0.5, 0.6) is 11.5 Å². The third-order valence-electron chi connectivity index (χ3n) is 3.50. The SMILES string of the molecule is CCOc1cc(CC(N)CC)ccc1OCC1CC1. The number of rotatable bonds is 8. The molecule has 0 saturated heterocycles. The molecule has 3 heteroatoms. The normalized spacial score (nSPS) is 16.2. The summed E-state index contributed by atoms with van der Waals surface area (Å²) in [6.45, 7) is 5.58. The molecule has 1 unspecified atom stereocenters. The summed E-state index contributed by atoms with van der Waals surface area (Å²) in [5.41, 5.74) is 7.22. The van der Waals surface area contributed by atoms with E-state index in [1.165, 1.54) is 18.4 Å². The van der Waals surface area contributed by atoms with Gasteiger partial charge in [0.2, 0.25) is 0 Å². The predicted molar refractivity (Wildman–Crippen MR) is 77.8 cm³/mol. The van der Waals surface area contributed by atoms with Gasteiger partial charge in [-0.3, -0.25) is 0 Å². The molecule has 1 aromatic rings. The van der Waals surface area contributed by atoms with Gasteiger partial charge in [0.05, 0.1) is 13.2 Å². The van der Waals surface area contributed by atoms with Crippen molar-refractivity contribution in [2.45, 2.75) is 45.6 Å². The lowest BCUT2D eigenvalue weighted by Crippen LogP contribution is -2.21. The number of benzene rings is 1. The van der Waals surface area contributed by atoms with Crippen LogP contribution in [0.1, 0.15) is 38.7 Å². The molecule has 2 rings (SSSR count). The quantitative estimate of drug-likeness (QED) is 0.783. The maximum atomic E-state index is 6.00. The first-order valence-corrected chi connectivity index (χ1v) is 7.37. The molecule has 0 amide bonds. The second kappa shape index (κ2) is 6.80. The highest BCUT2D eigenvalue weighted by atomic mass is 16.5. The molecule has 1 fully saturated rings. The van der Waals surface area contributed by atoms with Gasteiger partial charge >= 0.3 is 0 Å². The van der Waals surface area contributed by atoms with Gasteiger partial charge in [-0.1, -0.05) is 13.0 Å². The van der Waals surface area contributed by atoms with Crippen LogP contribution in [-0.2, 0) is 6.42 Å². The Labute approximate surface area is 116 Å². The molecule has 0 aliphatic heterocycles. The zero-order valence-corrected chi connectivity index (χ0v) is 12.0. The van der Waals surface area contributed by atoms with E-state index in [0.29, 0.717) is 6.61 Å². The third-order valence-corrected chi connectivity index (χ3v) is 3.50. The van der Waals surface area contributed by atoms with Crippen molar-refractivity contribution < 1.29 is 9.47 Å². The molecule has 2 N–H and O–H groups in total. The van der Waals surface area contributed by atoms with Crippen LogP contribution in [-0.4, -0.2) is 19.3 Å². The first kappa shape index (κ1) is 14.2. The second-order valence-electron chi connectivity index (χ2n) is 5.34. The molecule has 0 radical (unpaired) electrons. The van der Waals surface area contributed by atoms with Gasteiger partial charge < -0.3 is 15.2 Å². The van der Waals surface area contributed by atoms with Crippen molar-refractivity contribution in [3.8, 4) is 11.5 Å². The Balaban J connectivity index is 2.04. The molecule has 19 heavy (non-hydrogen) atoms. The monoisotopic (exact) mass is 263 g/mol. The lowest BCUT2D eigenvalue weighted by atomic mass is 10.0. The molecule has 3 nitrogen and oxygen atoms in total. The molecule has 0 aromatic heterocycles. The molecule has 106 valence electrons. The highest BCUT2D eigenvalue weighted by Gasteiger charge is 2.22. The number of hydrogen-bond donors (Lipinski definition) is 1. The van der Waals surface area contributed by atoms with Crippen LogP contribution < -0.4 is 15.2 Å². The number of ether oxygens (including phenoxy) is 2. The maximum absolute atomic E-state index is 6.00. The minimum Gasteiger partial charge on any atom is -0.490 e. The van der Waals surface area contributed by atoms with E-state index in [2.05, 4.69) is 19.1 Å². The predicted octanol–water partition coefficient (Wildman–Crippen LogP) is 3.15. The van der Waals surface area contributed by atoms with Crippen molar-refractivity contribution in [2.75, 3.05) is 13.2 Å². The summed E-state index contributed by atoms with van der Waals surface area (Å²) in [6.07, 6.45) is 4.48. The Hall–Kier alpha value is -1.22. The van der Waals surface area contributed by atoms with Crippen LogP contribution in [0, 0.1) is 5.92 Å². The average Bonchev–Trinajstić information content (AvgIpc) is 3.22. The highest BCUT2D eigenvalue weighted by Crippen LogP contribution is 2.33. The van der Waals surface area contributed by atoms with Crippen LogP contribution in [0.3, 0.4) is 0 Å². The zero-order valence-electron chi connectivity index (χ0n) is 12.0. The molecule has 0 spiro atoms. The first-order valence-electron chi connectivity index (χ1n) is 7.37. The van der Waals surface area contributed by atoms with Gasteiger partial charge in [0, 0.05) is 6.04 Å². The van der Waals surface area contributed by atoms with E-state index in [1.807, 2.05) is 13.0 Å². The molecule has 1 aliphatic rings. The Morgan fingerprint density at radius 2 is 2.00 bits per heavy atom. The van der Waals surface area contributed by atoms with E-state index in [-0.39, 0.29) is 6.04 Å². The lowest BCUT2D eigenvalue weighted by Gasteiger charge is -2.14. The standard InChI is InChI=1S/C16H25NO2/c1-3-14(17)9-13-7-8-15(16(10-13)18-4-2)19-11-12-5-6-12/h7-8,10,12,14H,3-6,9,11,17H2,1-2H3. The maximum Gasteiger partial charge on any atom is 0.161 e. The Kier molecular flexibility index (Phi) is 5.08. The number of hydrogen-bond acceptors (Lipinski definition) is 3. The van der Waals surface area contributed by atoms with E-state index in [1.54, 1.807) is 0 Å². The van der Waals surface area contributed by atoms with Crippen LogP contribution in [0.15, 0.2) is 18.2 Å². The van der Waals surface area contributed by atoms with Crippen molar-refractivity contribution >= 4 is 0 Å². The fourth-order valence-electron chi connectivity index (χ4n) is 2.01. The number of nitrogens with two attached hydrogens (primary N) is 1. The summed E-state index contributed by atoms with van der Waals surface area (Å²) in [5.74, 6) is 2.47. The van der Waals surface area contributed by atoms with Gasteiger partial charge in [-0.15, -0.1) is 0 Å². The van der Waals surface area contributed by atoms with Gasteiger partial charge in [0.1, 0.15) is 0 Å². The topological polar surface area (TPSA) is 44.5 Å². The summed E-state index contributed by atoms with van der Waals surface area (Å²) < 4.78 is 11.5. The minimum atomic E-state index is 0.215. The van der Waals surface area contributed by atoms with Gasteiger partial charge in [-0.2, -0.15) is 0 Å². The summed E-state index contributed by atoms with van der Waals surface area (Å²) >= 11 is 0. The third kappa shape index (κ3) is 4.43. The fourth-order valence-corrected chi connectivity index (χ4v) is 2.01. The van der Waals surface area contributed by atoms with Crippen LogP contribution in [0.4, 0.5) is 0 Å². The van der Waals surface area contributed by atoms with Gasteiger partial charge in [0.15, 0.2) is 11.5 Å². The molecule has 1 aliphatic carbocycles. The van der Waals surface area contributed by atoms with Gasteiger partial charge in [-0.25, -0.2) is 0 Å². The summed E-state index contributed by atoms with van der Waals surface area (Å²) in [4.78, 5) is 0. The summed E-state index contributed by atoms with van der Waals surface area (Å²) in [6, 6.07) is 6.40. The van der Waals surface area contributed by atoms with E-state index < -0.39 is 0 Å². The van der Waals surface area contributed by atoms with Gasteiger partial charge in [0.25, 0.3) is 0 Å². The molecule has 0 bridgehead atoms. The van der Waals surface area contributed by atoms with Crippen molar-refractivity contribution in [1.29, 1.82) is 0 Å². The molecular weight excluding hydrogens is 238 g/mol. The zero-order chi connectivity index (χ0) is 13.7. The van der Waals surface area contributed by atoms with Crippen LogP contribution in [0.25, 0.3) is 0 Å². The van der Waals surface area contributed by atoms with Crippen molar-refractivity contribution in [2.24, 2.45) is 11.7 Å². The van der Waals surface area contributed by atoms with Crippen molar-refractivity contribution in [3.63, 3.8) is 0 Å².